The number of carbonyl (C=O) groups excluding carboxylic acids is 1. The maximum Gasteiger partial charge on any atom is 0.253 e. The fourth-order valence-corrected chi connectivity index (χ4v) is 1.71. The predicted molar refractivity (Wildman–Crippen MR) is 44.4 cm³/mol. The van der Waals surface area contributed by atoms with Crippen LogP contribution in [0.1, 0.15) is 5.69 Å². The Morgan fingerprint density at radius 3 is 3.27 bits per heavy atom. The molecule has 0 saturated heterocycles. The lowest BCUT2D eigenvalue weighted by Crippen LogP contribution is -1.83. The van der Waals surface area contributed by atoms with Crippen molar-refractivity contribution < 1.29 is 4.79 Å². The summed E-state index contributed by atoms with van der Waals surface area (Å²) >= 11 is 1.60. The Morgan fingerprint density at radius 2 is 2.45 bits per heavy atom. The summed E-state index contributed by atoms with van der Waals surface area (Å²) in [6.07, 6.45) is 3.44. The lowest BCUT2D eigenvalue weighted by Gasteiger charge is -1.87. The van der Waals surface area contributed by atoms with E-state index in [9.17, 15) is 4.79 Å². The maximum atomic E-state index is 10.2. The van der Waals surface area contributed by atoms with Crippen molar-refractivity contribution in [2.24, 2.45) is 0 Å². The van der Waals surface area contributed by atoms with Crippen LogP contribution in [0.2, 0.25) is 0 Å². The standard InChI is InChI=1S/C8H4NOS/c10-5-7-3-8-6(4-9-7)1-2-11-8/h1-4H. The SMILES string of the molecule is O=[C]c1cc2sccc2cn1. The average molecular weight is 162 g/mol. The normalized spacial score (nSPS) is 10.2. The number of fused-ring (bicyclic) bond motifs is 1. The van der Waals surface area contributed by atoms with Gasteiger partial charge in [-0.15, -0.1) is 11.3 Å². The number of hydrogen-bond acceptors (Lipinski definition) is 3. The van der Waals surface area contributed by atoms with Crippen LogP contribution in [-0.4, -0.2) is 11.3 Å². The van der Waals surface area contributed by atoms with Gasteiger partial charge in [0.25, 0.3) is 6.29 Å². The van der Waals surface area contributed by atoms with Gasteiger partial charge in [-0.25, -0.2) is 0 Å². The molecule has 0 N–H and O–H groups in total. The summed E-state index contributed by atoms with van der Waals surface area (Å²) in [6, 6.07) is 3.72. The van der Waals surface area contributed by atoms with E-state index in [0.717, 1.165) is 10.1 Å². The number of nitrogens with zero attached hydrogens (tertiary/aromatic N) is 1. The molecule has 0 fully saturated rings. The first kappa shape index (κ1) is 6.49. The first-order valence-corrected chi connectivity index (χ1v) is 3.99. The quantitative estimate of drug-likeness (QED) is 0.639. The molecular formula is C8H4NOS. The Morgan fingerprint density at radius 1 is 1.55 bits per heavy atom. The lowest BCUT2D eigenvalue weighted by atomic mass is 10.3. The molecule has 0 amide bonds. The molecular weight excluding hydrogens is 158 g/mol. The molecule has 0 aliphatic heterocycles. The largest absolute Gasteiger partial charge is 0.283 e. The molecule has 0 aliphatic carbocycles. The van der Waals surface area contributed by atoms with Crippen LogP contribution in [0.25, 0.3) is 10.1 Å². The van der Waals surface area contributed by atoms with E-state index < -0.39 is 0 Å². The lowest BCUT2D eigenvalue weighted by molar-refractivity contribution is 0.561. The summed E-state index contributed by atoms with van der Waals surface area (Å²) < 4.78 is 1.08. The van der Waals surface area contributed by atoms with Crippen molar-refractivity contribution >= 4 is 27.7 Å². The van der Waals surface area contributed by atoms with Crippen molar-refractivity contribution in [1.29, 1.82) is 0 Å². The minimum atomic E-state index is 0.375. The van der Waals surface area contributed by atoms with Crippen molar-refractivity contribution in [3.05, 3.63) is 29.4 Å². The number of rotatable bonds is 1. The van der Waals surface area contributed by atoms with Crippen LogP contribution in [-0.2, 0) is 4.79 Å². The van der Waals surface area contributed by atoms with Gasteiger partial charge in [-0.1, -0.05) is 0 Å². The third kappa shape index (κ3) is 1.03. The van der Waals surface area contributed by atoms with E-state index in [1.54, 1.807) is 29.9 Å². The molecule has 2 heterocycles. The highest BCUT2D eigenvalue weighted by molar-refractivity contribution is 7.17. The molecule has 1 radical (unpaired) electrons. The molecule has 2 aromatic heterocycles. The Kier molecular flexibility index (Phi) is 1.43. The molecule has 0 unspecified atom stereocenters. The molecule has 53 valence electrons. The highest BCUT2D eigenvalue weighted by atomic mass is 32.1. The van der Waals surface area contributed by atoms with Gasteiger partial charge in [-0.05, 0) is 17.5 Å². The van der Waals surface area contributed by atoms with E-state index >= 15 is 0 Å². The highest BCUT2D eigenvalue weighted by Crippen LogP contribution is 2.19. The summed E-state index contributed by atoms with van der Waals surface area (Å²) in [5.74, 6) is 0. The van der Waals surface area contributed by atoms with E-state index in [0.29, 0.717) is 5.69 Å². The minimum absolute atomic E-state index is 0.375. The molecule has 3 heteroatoms. The number of aromatic nitrogens is 1. The van der Waals surface area contributed by atoms with Gasteiger partial charge in [0.2, 0.25) is 0 Å². The smallest absolute Gasteiger partial charge is 0.253 e. The summed E-state index contributed by atoms with van der Waals surface area (Å²) in [5, 5.41) is 3.05. The van der Waals surface area contributed by atoms with Gasteiger partial charge in [0.1, 0.15) is 5.69 Å². The van der Waals surface area contributed by atoms with Crippen molar-refractivity contribution in [2.75, 3.05) is 0 Å². The minimum Gasteiger partial charge on any atom is -0.283 e. The second kappa shape index (κ2) is 2.43. The Hall–Kier alpha value is -1.22. The highest BCUT2D eigenvalue weighted by Gasteiger charge is 1.96. The summed E-state index contributed by atoms with van der Waals surface area (Å²) in [6.45, 7) is 0. The van der Waals surface area contributed by atoms with Gasteiger partial charge in [0.05, 0.1) is 0 Å². The fraction of sp³-hybridized carbons (Fsp3) is 0. The Balaban J connectivity index is 2.76. The number of thiophene rings is 1. The maximum absolute atomic E-state index is 10.2. The molecule has 2 rings (SSSR count). The van der Waals surface area contributed by atoms with Crippen LogP contribution in [0.5, 0.6) is 0 Å². The van der Waals surface area contributed by atoms with Gasteiger partial charge in [0.15, 0.2) is 0 Å². The van der Waals surface area contributed by atoms with Crippen molar-refractivity contribution in [1.82, 2.24) is 4.98 Å². The average Bonchev–Trinajstić information content (AvgIpc) is 2.50. The third-order valence-corrected chi connectivity index (χ3v) is 2.32. The van der Waals surface area contributed by atoms with Gasteiger partial charge >= 0.3 is 0 Å². The molecule has 2 nitrogen and oxygen atoms in total. The van der Waals surface area contributed by atoms with Crippen LogP contribution in [0.4, 0.5) is 0 Å². The Labute approximate surface area is 67.5 Å². The predicted octanol–water partition coefficient (Wildman–Crippen LogP) is 1.75. The zero-order chi connectivity index (χ0) is 7.68. The molecule has 2 aromatic rings. The monoisotopic (exact) mass is 162 g/mol. The zero-order valence-electron chi connectivity index (χ0n) is 5.57. The van der Waals surface area contributed by atoms with Crippen LogP contribution in [0.15, 0.2) is 23.7 Å². The van der Waals surface area contributed by atoms with Crippen molar-refractivity contribution in [3.63, 3.8) is 0 Å². The van der Waals surface area contributed by atoms with Gasteiger partial charge in [0, 0.05) is 16.3 Å². The summed E-state index contributed by atoms with van der Waals surface area (Å²) in [7, 11) is 0. The topological polar surface area (TPSA) is 30.0 Å². The number of hydrogen-bond donors (Lipinski definition) is 0. The molecule has 0 saturated carbocycles. The van der Waals surface area contributed by atoms with Gasteiger partial charge in [-0.2, -0.15) is 0 Å². The van der Waals surface area contributed by atoms with E-state index in [-0.39, 0.29) is 0 Å². The van der Waals surface area contributed by atoms with Crippen LogP contribution < -0.4 is 0 Å². The fourth-order valence-electron chi connectivity index (χ4n) is 0.911. The van der Waals surface area contributed by atoms with Crippen LogP contribution in [0.3, 0.4) is 0 Å². The van der Waals surface area contributed by atoms with Crippen molar-refractivity contribution in [3.8, 4) is 0 Å². The Bertz CT molecular complexity index is 394. The molecule has 0 spiro atoms. The van der Waals surface area contributed by atoms with Crippen LogP contribution >= 0.6 is 11.3 Å². The van der Waals surface area contributed by atoms with Gasteiger partial charge < -0.3 is 0 Å². The zero-order valence-corrected chi connectivity index (χ0v) is 6.39. The van der Waals surface area contributed by atoms with Gasteiger partial charge in [-0.3, -0.25) is 9.78 Å². The molecule has 0 aliphatic rings. The third-order valence-electron chi connectivity index (χ3n) is 1.44. The van der Waals surface area contributed by atoms with E-state index in [1.807, 2.05) is 11.4 Å². The second-order valence-electron chi connectivity index (χ2n) is 2.13. The second-order valence-corrected chi connectivity index (χ2v) is 3.08. The van der Waals surface area contributed by atoms with Crippen LogP contribution in [0, 0.1) is 0 Å². The molecule has 11 heavy (non-hydrogen) atoms. The van der Waals surface area contributed by atoms with E-state index in [1.165, 1.54) is 0 Å². The van der Waals surface area contributed by atoms with E-state index in [4.69, 9.17) is 0 Å². The summed E-state index contributed by atoms with van der Waals surface area (Å²) in [5.41, 5.74) is 0.375. The first-order chi connectivity index (χ1) is 5.40. The molecule has 0 aromatic carbocycles. The first-order valence-electron chi connectivity index (χ1n) is 3.11. The molecule has 0 bridgehead atoms. The summed E-state index contributed by atoms with van der Waals surface area (Å²) in [4.78, 5) is 14.1. The van der Waals surface area contributed by atoms with Crippen molar-refractivity contribution in [2.45, 2.75) is 0 Å². The number of pyridine rings is 1. The van der Waals surface area contributed by atoms with E-state index in [2.05, 4.69) is 4.98 Å². The molecule has 0 atom stereocenters.